The molecule has 1 aliphatic heterocycles. The van der Waals surface area contributed by atoms with Crippen molar-refractivity contribution in [2.45, 2.75) is 51.0 Å². The number of benzene rings is 1. The van der Waals surface area contributed by atoms with E-state index in [-0.39, 0.29) is 24.2 Å². The molecular weight excluding hydrogens is 415 g/mol. The van der Waals surface area contributed by atoms with Gasteiger partial charge in [0.25, 0.3) is 0 Å². The number of halogens is 3. The van der Waals surface area contributed by atoms with Crippen LogP contribution in [0.4, 0.5) is 0 Å². The van der Waals surface area contributed by atoms with Crippen molar-refractivity contribution in [2.24, 2.45) is 5.92 Å². The maximum atomic E-state index is 13.0. The van der Waals surface area contributed by atoms with Gasteiger partial charge >= 0.3 is 0 Å². The molecule has 6 heteroatoms. The van der Waals surface area contributed by atoms with Crippen LogP contribution >= 0.6 is 35.6 Å². The van der Waals surface area contributed by atoms with Gasteiger partial charge in [-0.25, -0.2) is 0 Å². The van der Waals surface area contributed by atoms with Crippen LogP contribution in [0.3, 0.4) is 0 Å². The number of carbonyl (C=O) groups excluding carboxylic acids is 1. The van der Waals surface area contributed by atoms with E-state index in [9.17, 15) is 4.79 Å². The molecule has 1 saturated heterocycles. The minimum absolute atomic E-state index is 0. The molecule has 0 spiro atoms. The number of amides is 1. The van der Waals surface area contributed by atoms with E-state index < -0.39 is 0 Å². The van der Waals surface area contributed by atoms with Gasteiger partial charge in [-0.05, 0) is 43.4 Å². The molecule has 1 aromatic heterocycles. The molecule has 1 unspecified atom stereocenters. The lowest BCUT2D eigenvalue weighted by Gasteiger charge is -2.31. The fourth-order valence-corrected chi connectivity index (χ4v) is 5.12. The van der Waals surface area contributed by atoms with Gasteiger partial charge in [0, 0.05) is 47.0 Å². The average Bonchev–Trinajstić information content (AvgIpc) is 3.07. The van der Waals surface area contributed by atoms with Crippen LogP contribution in [-0.4, -0.2) is 28.4 Å². The fraction of sp³-hybridized carbons (Fsp3) is 0.455. The summed E-state index contributed by atoms with van der Waals surface area (Å²) in [4.78, 5) is 19.3. The van der Waals surface area contributed by atoms with Gasteiger partial charge in [-0.1, -0.05) is 54.6 Å². The standard InChI is InChI=1S/C22H24Cl2N2O.ClH/c23-20-9-8-18(16-5-4-11-25-14-16)21(24)19(20)13-15-10-12-26(22(15)27)17-6-2-1-3-7-17;/h4-5,8-9,11,14-15,17H,1-3,6-7,10,12-13H2;1H. The highest BCUT2D eigenvalue weighted by molar-refractivity contribution is 6.37. The van der Waals surface area contributed by atoms with Gasteiger partial charge < -0.3 is 4.90 Å². The van der Waals surface area contributed by atoms with E-state index in [1.165, 1.54) is 19.3 Å². The third-order valence-corrected chi connectivity index (χ3v) is 6.76. The molecular formula is C22H25Cl3N2O. The smallest absolute Gasteiger partial charge is 0.226 e. The van der Waals surface area contributed by atoms with E-state index in [0.29, 0.717) is 22.5 Å². The van der Waals surface area contributed by atoms with Crippen LogP contribution in [0.5, 0.6) is 0 Å². The number of pyridine rings is 1. The Balaban J connectivity index is 0.00000225. The van der Waals surface area contributed by atoms with E-state index in [4.69, 9.17) is 23.2 Å². The first-order chi connectivity index (χ1) is 13.1. The van der Waals surface area contributed by atoms with E-state index in [1.54, 1.807) is 12.4 Å². The summed E-state index contributed by atoms with van der Waals surface area (Å²) in [6, 6.07) is 8.11. The van der Waals surface area contributed by atoms with Crippen molar-refractivity contribution in [3.05, 3.63) is 52.3 Å². The summed E-state index contributed by atoms with van der Waals surface area (Å²) in [5.41, 5.74) is 2.75. The highest BCUT2D eigenvalue weighted by Crippen LogP contribution is 2.38. The Morgan fingerprint density at radius 2 is 1.86 bits per heavy atom. The van der Waals surface area contributed by atoms with Gasteiger partial charge in [-0.15, -0.1) is 12.4 Å². The SMILES string of the molecule is Cl.O=C1C(Cc2c(Cl)ccc(-c3cccnc3)c2Cl)CCN1C1CCCCC1. The van der Waals surface area contributed by atoms with Crippen molar-refractivity contribution < 1.29 is 4.79 Å². The summed E-state index contributed by atoms with van der Waals surface area (Å²) >= 11 is 13.2. The monoisotopic (exact) mass is 438 g/mol. The topological polar surface area (TPSA) is 33.2 Å². The van der Waals surface area contributed by atoms with E-state index in [0.717, 1.165) is 42.5 Å². The molecule has 0 bridgehead atoms. The van der Waals surface area contributed by atoms with Crippen molar-refractivity contribution in [1.82, 2.24) is 9.88 Å². The highest BCUT2D eigenvalue weighted by atomic mass is 35.5. The minimum Gasteiger partial charge on any atom is -0.339 e. The van der Waals surface area contributed by atoms with Crippen molar-refractivity contribution in [1.29, 1.82) is 0 Å². The normalized spacial score (nSPS) is 20.3. The predicted molar refractivity (Wildman–Crippen MR) is 117 cm³/mol. The number of hydrogen-bond acceptors (Lipinski definition) is 2. The maximum Gasteiger partial charge on any atom is 0.226 e. The second-order valence-electron chi connectivity index (χ2n) is 7.64. The van der Waals surface area contributed by atoms with Crippen LogP contribution in [0.15, 0.2) is 36.7 Å². The highest BCUT2D eigenvalue weighted by Gasteiger charge is 2.36. The second-order valence-corrected chi connectivity index (χ2v) is 8.43. The molecule has 3 nitrogen and oxygen atoms in total. The molecule has 2 aliphatic rings. The van der Waals surface area contributed by atoms with Crippen molar-refractivity contribution >= 4 is 41.5 Å². The lowest BCUT2D eigenvalue weighted by molar-refractivity contribution is -0.133. The molecule has 2 heterocycles. The van der Waals surface area contributed by atoms with Gasteiger partial charge in [0.2, 0.25) is 5.91 Å². The predicted octanol–water partition coefficient (Wildman–Crippen LogP) is 6.20. The molecule has 2 fully saturated rings. The summed E-state index contributed by atoms with van der Waals surface area (Å²) in [5.74, 6) is 0.256. The van der Waals surface area contributed by atoms with Crippen molar-refractivity contribution in [3.8, 4) is 11.1 Å². The van der Waals surface area contributed by atoms with E-state index in [2.05, 4.69) is 9.88 Å². The fourth-order valence-electron chi connectivity index (χ4n) is 4.48. The second kappa shape index (κ2) is 9.47. The first-order valence-electron chi connectivity index (χ1n) is 9.83. The zero-order valence-corrected chi connectivity index (χ0v) is 18.1. The van der Waals surface area contributed by atoms with Crippen molar-refractivity contribution in [3.63, 3.8) is 0 Å². The van der Waals surface area contributed by atoms with Gasteiger partial charge in [0.1, 0.15) is 0 Å². The number of aromatic nitrogens is 1. The molecule has 1 atom stereocenters. The van der Waals surface area contributed by atoms with Crippen molar-refractivity contribution in [2.75, 3.05) is 6.54 Å². The Labute approximate surface area is 182 Å². The molecule has 1 saturated carbocycles. The zero-order valence-electron chi connectivity index (χ0n) is 15.7. The molecule has 1 aromatic carbocycles. The zero-order chi connectivity index (χ0) is 18.8. The Kier molecular flexibility index (Phi) is 7.25. The Morgan fingerprint density at radius 3 is 2.57 bits per heavy atom. The third-order valence-electron chi connectivity index (χ3n) is 5.98. The summed E-state index contributed by atoms with van der Waals surface area (Å²) in [5, 5.41) is 1.27. The van der Waals surface area contributed by atoms with Crippen LogP contribution in [0, 0.1) is 5.92 Å². The number of likely N-dealkylation sites (tertiary alicyclic amines) is 1. The lowest BCUT2D eigenvalue weighted by atomic mass is 9.93. The number of rotatable bonds is 4. The Hall–Kier alpha value is -1.29. The van der Waals surface area contributed by atoms with Gasteiger partial charge in [0.15, 0.2) is 0 Å². The average molecular weight is 440 g/mol. The number of hydrogen-bond donors (Lipinski definition) is 0. The van der Waals surface area contributed by atoms with Crippen LogP contribution in [0.25, 0.3) is 11.1 Å². The number of nitrogens with zero attached hydrogens (tertiary/aromatic N) is 2. The van der Waals surface area contributed by atoms with Gasteiger partial charge in [-0.2, -0.15) is 0 Å². The lowest BCUT2D eigenvalue weighted by Crippen LogP contribution is -2.39. The molecule has 1 aliphatic carbocycles. The summed E-state index contributed by atoms with van der Waals surface area (Å²) in [6.07, 6.45) is 11.1. The molecule has 4 rings (SSSR count). The third kappa shape index (κ3) is 4.32. The molecule has 0 radical (unpaired) electrons. The maximum absolute atomic E-state index is 13.0. The molecule has 0 N–H and O–H groups in total. The van der Waals surface area contributed by atoms with Gasteiger partial charge in [-0.3, -0.25) is 9.78 Å². The number of carbonyl (C=O) groups is 1. The quantitative estimate of drug-likeness (QED) is 0.568. The molecule has 28 heavy (non-hydrogen) atoms. The van der Waals surface area contributed by atoms with E-state index in [1.807, 2.05) is 24.3 Å². The van der Waals surface area contributed by atoms with Crippen LogP contribution in [0.1, 0.15) is 44.1 Å². The molecule has 1 amide bonds. The summed E-state index contributed by atoms with van der Waals surface area (Å²) < 4.78 is 0. The largest absolute Gasteiger partial charge is 0.339 e. The first-order valence-corrected chi connectivity index (χ1v) is 10.6. The van der Waals surface area contributed by atoms with Crippen LogP contribution in [-0.2, 0) is 11.2 Å². The Morgan fingerprint density at radius 1 is 1.07 bits per heavy atom. The first kappa shape index (κ1) is 21.4. The molecule has 2 aromatic rings. The summed E-state index contributed by atoms with van der Waals surface area (Å²) in [7, 11) is 0. The van der Waals surface area contributed by atoms with Gasteiger partial charge in [0.05, 0.1) is 5.02 Å². The van der Waals surface area contributed by atoms with Crippen LogP contribution in [0.2, 0.25) is 10.0 Å². The van der Waals surface area contributed by atoms with Crippen LogP contribution < -0.4 is 0 Å². The Bertz CT molecular complexity index is 822. The van der Waals surface area contributed by atoms with E-state index >= 15 is 0 Å². The summed E-state index contributed by atoms with van der Waals surface area (Å²) in [6.45, 7) is 0.867. The molecule has 150 valence electrons. The minimum atomic E-state index is -0.0222.